The lowest BCUT2D eigenvalue weighted by molar-refractivity contribution is 0.475. The fourth-order valence-corrected chi connectivity index (χ4v) is 1.23. The highest BCUT2D eigenvalue weighted by Crippen LogP contribution is 2.19. The lowest BCUT2D eigenvalue weighted by Crippen LogP contribution is -1.87. The van der Waals surface area contributed by atoms with Crippen LogP contribution < -0.4 is 0 Å². The Balaban J connectivity index is 2.71. The maximum Gasteiger partial charge on any atom is 0.115 e. The first-order chi connectivity index (χ1) is 6.24. The number of hydrogen-bond donors (Lipinski definition) is 1. The van der Waals surface area contributed by atoms with E-state index in [1.807, 2.05) is 12.1 Å². The number of hydrogen-bond acceptors (Lipinski definition) is 1. The number of phenolic OH excluding ortho intramolecular Hbond substituents is 1. The van der Waals surface area contributed by atoms with E-state index in [0.717, 1.165) is 6.42 Å². The average molecular weight is 176 g/mol. The number of allylic oxidation sites excluding steroid dienone is 2. The Kier molecular flexibility index (Phi) is 3.56. The van der Waals surface area contributed by atoms with Crippen LogP contribution in [0.15, 0.2) is 36.4 Å². The molecule has 0 fully saturated rings. The van der Waals surface area contributed by atoms with Crippen molar-refractivity contribution in [2.24, 2.45) is 0 Å². The van der Waals surface area contributed by atoms with E-state index >= 15 is 0 Å². The van der Waals surface area contributed by atoms with Gasteiger partial charge in [-0.25, -0.2) is 0 Å². The van der Waals surface area contributed by atoms with Crippen LogP contribution in [0.1, 0.15) is 31.7 Å². The topological polar surface area (TPSA) is 20.2 Å². The Morgan fingerprint density at radius 2 is 1.92 bits per heavy atom. The maximum absolute atomic E-state index is 9.10. The summed E-state index contributed by atoms with van der Waals surface area (Å²) in [6.07, 6.45) is 5.42. The third-order valence-corrected chi connectivity index (χ3v) is 2.08. The molecule has 0 heterocycles. The Bertz CT molecular complexity index is 272. The molecule has 0 aromatic heterocycles. The van der Waals surface area contributed by atoms with Crippen LogP contribution in [-0.2, 0) is 0 Å². The predicted molar refractivity (Wildman–Crippen MR) is 56.0 cm³/mol. The minimum absolute atomic E-state index is 0.329. The summed E-state index contributed by atoms with van der Waals surface area (Å²) in [4.78, 5) is 0. The summed E-state index contributed by atoms with van der Waals surface area (Å²) in [6.45, 7) is 4.28. The molecule has 0 bridgehead atoms. The van der Waals surface area contributed by atoms with Crippen LogP contribution in [0.2, 0.25) is 0 Å². The van der Waals surface area contributed by atoms with E-state index in [2.05, 4.69) is 26.0 Å². The van der Waals surface area contributed by atoms with Crippen LogP contribution in [0.25, 0.3) is 0 Å². The molecule has 0 amide bonds. The van der Waals surface area contributed by atoms with Crippen molar-refractivity contribution in [1.29, 1.82) is 0 Å². The first-order valence-electron chi connectivity index (χ1n) is 4.69. The molecule has 13 heavy (non-hydrogen) atoms. The summed E-state index contributed by atoms with van der Waals surface area (Å²) in [5, 5.41) is 9.10. The molecular formula is C12H16O. The summed E-state index contributed by atoms with van der Waals surface area (Å²) in [6, 6.07) is 7.37. The molecule has 0 saturated heterocycles. The van der Waals surface area contributed by atoms with Crippen molar-refractivity contribution in [3.63, 3.8) is 0 Å². The number of aromatic hydroxyl groups is 1. The van der Waals surface area contributed by atoms with E-state index in [4.69, 9.17) is 5.11 Å². The fraction of sp³-hybridized carbons (Fsp3) is 0.333. The molecule has 1 N–H and O–H groups in total. The van der Waals surface area contributed by atoms with Gasteiger partial charge in [0.2, 0.25) is 0 Å². The van der Waals surface area contributed by atoms with Gasteiger partial charge in [0.15, 0.2) is 0 Å². The van der Waals surface area contributed by atoms with Crippen LogP contribution in [0.5, 0.6) is 5.75 Å². The molecule has 1 aromatic carbocycles. The first kappa shape index (κ1) is 9.85. The minimum Gasteiger partial charge on any atom is -0.508 e. The van der Waals surface area contributed by atoms with E-state index in [9.17, 15) is 0 Å². The van der Waals surface area contributed by atoms with Gasteiger partial charge in [0.05, 0.1) is 0 Å². The normalized spacial score (nSPS) is 13.4. The molecule has 0 aliphatic rings. The number of rotatable bonds is 3. The van der Waals surface area contributed by atoms with Gasteiger partial charge in [0, 0.05) is 0 Å². The van der Waals surface area contributed by atoms with Gasteiger partial charge in [0.1, 0.15) is 5.75 Å². The van der Waals surface area contributed by atoms with E-state index in [1.54, 1.807) is 12.1 Å². The van der Waals surface area contributed by atoms with Crippen molar-refractivity contribution in [2.45, 2.75) is 26.2 Å². The van der Waals surface area contributed by atoms with Crippen LogP contribution in [-0.4, -0.2) is 5.11 Å². The molecule has 70 valence electrons. The molecule has 1 atom stereocenters. The van der Waals surface area contributed by atoms with E-state index in [-0.39, 0.29) is 0 Å². The largest absolute Gasteiger partial charge is 0.508 e. The zero-order chi connectivity index (χ0) is 9.68. The third kappa shape index (κ3) is 2.94. The highest BCUT2D eigenvalue weighted by molar-refractivity contribution is 5.29. The van der Waals surface area contributed by atoms with Gasteiger partial charge in [-0.15, -0.1) is 0 Å². The molecule has 0 spiro atoms. The quantitative estimate of drug-likeness (QED) is 0.699. The standard InChI is InChI=1S/C12H16O/c1-3-4-5-10(2)11-6-8-12(13)9-7-11/h4-10,13H,3H2,1-2H3/b5-4+. The van der Waals surface area contributed by atoms with Gasteiger partial charge in [0.25, 0.3) is 0 Å². The van der Waals surface area contributed by atoms with Crippen molar-refractivity contribution >= 4 is 0 Å². The molecule has 0 saturated carbocycles. The van der Waals surface area contributed by atoms with E-state index in [1.165, 1.54) is 5.56 Å². The summed E-state index contributed by atoms with van der Waals surface area (Å²) in [5.74, 6) is 0.760. The average Bonchev–Trinajstić information content (AvgIpc) is 2.15. The van der Waals surface area contributed by atoms with Crippen molar-refractivity contribution in [2.75, 3.05) is 0 Å². The molecule has 0 aliphatic heterocycles. The highest BCUT2D eigenvalue weighted by atomic mass is 16.3. The Hall–Kier alpha value is -1.24. The van der Waals surface area contributed by atoms with Crippen LogP contribution in [0, 0.1) is 0 Å². The van der Waals surface area contributed by atoms with Gasteiger partial charge in [-0.05, 0) is 30.0 Å². The molecule has 0 radical (unpaired) electrons. The molecule has 1 nitrogen and oxygen atoms in total. The molecular weight excluding hydrogens is 160 g/mol. The SMILES string of the molecule is CC/C=C/C(C)c1ccc(O)cc1. The fourth-order valence-electron chi connectivity index (χ4n) is 1.23. The zero-order valence-electron chi connectivity index (χ0n) is 8.20. The van der Waals surface area contributed by atoms with Gasteiger partial charge in [-0.3, -0.25) is 0 Å². The summed E-state index contributed by atoms with van der Waals surface area (Å²) < 4.78 is 0. The van der Waals surface area contributed by atoms with Gasteiger partial charge >= 0.3 is 0 Å². The monoisotopic (exact) mass is 176 g/mol. The van der Waals surface area contributed by atoms with E-state index < -0.39 is 0 Å². The predicted octanol–water partition coefficient (Wildman–Crippen LogP) is 3.46. The van der Waals surface area contributed by atoms with Gasteiger partial charge in [-0.1, -0.05) is 38.1 Å². The minimum atomic E-state index is 0.329. The molecule has 0 aliphatic carbocycles. The lowest BCUT2D eigenvalue weighted by Gasteiger charge is -2.05. The molecule has 1 unspecified atom stereocenters. The van der Waals surface area contributed by atoms with E-state index in [0.29, 0.717) is 11.7 Å². The summed E-state index contributed by atoms with van der Waals surface area (Å²) >= 11 is 0. The first-order valence-corrected chi connectivity index (χ1v) is 4.69. The molecule has 1 rings (SSSR count). The highest BCUT2D eigenvalue weighted by Gasteiger charge is 1.99. The number of phenols is 1. The van der Waals surface area contributed by atoms with Gasteiger partial charge < -0.3 is 5.11 Å². The Morgan fingerprint density at radius 3 is 2.46 bits per heavy atom. The van der Waals surface area contributed by atoms with Crippen LogP contribution in [0.3, 0.4) is 0 Å². The second kappa shape index (κ2) is 4.70. The summed E-state index contributed by atoms with van der Waals surface area (Å²) in [7, 11) is 0. The van der Waals surface area contributed by atoms with Gasteiger partial charge in [-0.2, -0.15) is 0 Å². The Labute approximate surface area is 79.7 Å². The smallest absolute Gasteiger partial charge is 0.115 e. The van der Waals surface area contributed by atoms with Crippen LogP contribution in [0.4, 0.5) is 0 Å². The maximum atomic E-state index is 9.10. The second-order valence-corrected chi connectivity index (χ2v) is 3.22. The lowest BCUT2D eigenvalue weighted by atomic mass is 10.0. The zero-order valence-corrected chi connectivity index (χ0v) is 8.20. The van der Waals surface area contributed by atoms with Crippen LogP contribution >= 0.6 is 0 Å². The van der Waals surface area contributed by atoms with Crippen molar-refractivity contribution in [3.05, 3.63) is 42.0 Å². The molecule has 1 heteroatoms. The molecule has 1 aromatic rings. The second-order valence-electron chi connectivity index (χ2n) is 3.22. The number of benzene rings is 1. The van der Waals surface area contributed by atoms with Crippen molar-refractivity contribution < 1.29 is 5.11 Å². The Morgan fingerprint density at radius 1 is 1.31 bits per heavy atom. The van der Waals surface area contributed by atoms with Crippen molar-refractivity contribution in [3.8, 4) is 5.75 Å². The summed E-state index contributed by atoms with van der Waals surface area (Å²) in [5.41, 5.74) is 1.24. The van der Waals surface area contributed by atoms with Crippen molar-refractivity contribution in [1.82, 2.24) is 0 Å². The third-order valence-electron chi connectivity index (χ3n) is 2.08.